The van der Waals surface area contributed by atoms with Gasteiger partial charge >= 0.3 is 0 Å². The minimum Gasteiger partial charge on any atom is -0.487 e. The summed E-state index contributed by atoms with van der Waals surface area (Å²) in [6.45, 7) is 0.145. The number of hydrogen-bond acceptors (Lipinski definition) is 6. The van der Waals surface area contributed by atoms with Gasteiger partial charge in [0, 0.05) is 11.8 Å². The Morgan fingerprint density at radius 2 is 1.83 bits per heavy atom. The molecule has 0 aliphatic heterocycles. The highest BCUT2D eigenvalue weighted by Crippen LogP contribution is 2.34. The first-order chi connectivity index (χ1) is 14.6. The van der Waals surface area contributed by atoms with Gasteiger partial charge in [-0.15, -0.1) is 0 Å². The topological polar surface area (TPSA) is 71.9 Å². The van der Waals surface area contributed by atoms with Gasteiger partial charge in [0.25, 0.3) is 0 Å². The first-order valence-corrected chi connectivity index (χ1v) is 9.98. The van der Waals surface area contributed by atoms with E-state index in [0.717, 1.165) is 0 Å². The molecule has 5 nitrogen and oxygen atoms in total. The number of nitrogens with zero attached hydrogens (tertiary/aromatic N) is 3. The molecule has 4 aromatic rings. The minimum atomic E-state index is -0.338. The zero-order chi connectivity index (χ0) is 20.9. The van der Waals surface area contributed by atoms with E-state index in [2.05, 4.69) is 16.0 Å². The van der Waals surface area contributed by atoms with Crippen LogP contribution in [0.3, 0.4) is 0 Å². The number of rotatable bonds is 6. The van der Waals surface area contributed by atoms with Gasteiger partial charge in [-0.2, -0.15) is 5.26 Å². The Morgan fingerprint density at radius 3 is 2.50 bits per heavy atom. The maximum atomic E-state index is 13.3. The van der Waals surface area contributed by atoms with Crippen molar-refractivity contribution in [1.82, 2.24) is 9.97 Å². The van der Waals surface area contributed by atoms with Crippen molar-refractivity contribution in [3.05, 3.63) is 89.0 Å². The third-order valence-electron chi connectivity index (χ3n) is 4.01. The average Bonchev–Trinajstić information content (AvgIpc) is 3.17. The Balaban J connectivity index is 1.60. The van der Waals surface area contributed by atoms with Crippen LogP contribution in [0.2, 0.25) is 5.02 Å². The van der Waals surface area contributed by atoms with Crippen LogP contribution in [0.15, 0.2) is 81.4 Å². The molecule has 0 bridgehead atoms. The molecule has 0 spiro atoms. The summed E-state index contributed by atoms with van der Waals surface area (Å²) in [5, 5.41) is 10.6. The van der Waals surface area contributed by atoms with E-state index in [1.165, 1.54) is 23.9 Å². The number of benzene rings is 2. The van der Waals surface area contributed by atoms with E-state index in [-0.39, 0.29) is 12.4 Å². The van der Waals surface area contributed by atoms with Gasteiger partial charge in [0.05, 0.1) is 16.7 Å². The smallest absolute Gasteiger partial charge is 0.227 e. The summed E-state index contributed by atoms with van der Waals surface area (Å²) in [7, 11) is 0. The molecule has 30 heavy (non-hydrogen) atoms. The highest BCUT2D eigenvalue weighted by Gasteiger charge is 2.17. The Kier molecular flexibility index (Phi) is 5.98. The van der Waals surface area contributed by atoms with Crippen molar-refractivity contribution in [2.24, 2.45) is 0 Å². The average molecular weight is 438 g/mol. The van der Waals surface area contributed by atoms with Crippen molar-refractivity contribution in [3.8, 4) is 23.3 Å². The predicted molar refractivity (Wildman–Crippen MR) is 111 cm³/mol. The van der Waals surface area contributed by atoms with Crippen molar-refractivity contribution in [3.63, 3.8) is 0 Å². The molecule has 0 fully saturated rings. The molecule has 2 aromatic heterocycles. The van der Waals surface area contributed by atoms with Crippen LogP contribution in [-0.2, 0) is 6.61 Å². The SMILES string of the molecule is N#Cc1ccc(OCc2nc(-c3ccc(F)cc3)oc2Sc2ccc(Cl)cn2)cc1. The van der Waals surface area contributed by atoms with E-state index in [0.29, 0.717) is 43.6 Å². The molecule has 0 saturated heterocycles. The second-order valence-corrected chi connectivity index (χ2v) is 7.53. The molecular weight excluding hydrogens is 425 g/mol. The third kappa shape index (κ3) is 4.79. The third-order valence-corrected chi connectivity index (χ3v) is 5.19. The molecular formula is C22H13ClFN3O2S. The molecule has 0 radical (unpaired) electrons. The van der Waals surface area contributed by atoms with Gasteiger partial charge in [-0.25, -0.2) is 14.4 Å². The number of oxazole rings is 1. The molecule has 0 atom stereocenters. The molecule has 0 N–H and O–H groups in total. The zero-order valence-corrected chi connectivity index (χ0v) is 17.0. The van der Waals surface area contributed by atoms with E-state index in [1.54, 1.807) is 54.7 Å². The molecule has 2 aromatic carbocycles. The highest BCUT2D eigenvalue weighted by atomic mass is 35.5. The van der Waals surface area contributed by atoms with Gasteiger partial charge in [0.2, 0.25) is 5.89 Å². The molecule has 148 valence electrons. The molecule has 0 aliphatic carbocycles. The van der Waals surface area contributed by atoms with Gasteiger partial charge in [-0.05, 0) is 72.4 Å². The van der Waals surface area contributed by atoms with Crippen LogP contribution in [0.1, 0.15) is 11.3 Å². The van der Waals surface area contributed by atoms with Crippen molar-refractivity contribution in [2.75, 3.05) is 0 Å². The van der Waals surface area contributed by atoms with E-state index in [4.69, 9.17) is 26.0 Å². The van der Waals surface area contributed by atoms with Crippen molar-refractivity contribution in [1.29, 1.82) is 5.26 Å². The predicted octanol–water partition coefficient (Wildman–Crippen LogP) is 6.13. The Bertz CT molecular complexity index is 1190. The van der Waals surface area contributed by atoms with Crippen LogP contribution in [0.5, 0.6) is 5.75 Å². The van der Waals surface area contributed by atoms with E-state index >= 15 is 0 Å². The molecule has 0 saturated carbocycles. The lowest BCUT2D eigenvalue weighted by Gasteiger charge is -2.05. The summed E-state index contributed by atoms with van der Waals surface area (Å²) in [5.41, 5.74) is 1.76. The quantitative estimate of drug-likeness (QED) is 0.361. The van der Waals surface area contributed by atoms with E-state index in [1.807, 2.05) is 0 Å². The summed E-state index contributed by atoms with van der Waals surface area (Å²) in [6.07, 6.45) is 1.55. The molecule has 8 heteroatoms. The summed E-state index contributed by atoms with van der Waals surface area (Å²) in [4.78, 5) is 8.80. The largest absolute Gasteiger partial charge is 0.487 e. The van der Waals surface area contributed by atoms with Gasteiger partial charge in [-0.3, -0.25) is 0 Å². The first kappa shape index (κ1) is 20.0. The number of aromatic nitrogens is 2. The van der Waals surface area contributed by atoms with Gasteiger partial charge in [-0.1, -0.05) is 11.6 Å². The summed E-state index contributed by atoms with van der Waals surface area (Å²) < 4.78 is 25.0. The zero-order valence-electron chi connectivity index (χ0n) is 15.4. The molecule has 0 aliphatic rings. The maximum Gasteiger partial charge on any atom is 0.227 e. The molecule has 4 rings (SSSR count). The van der Waals surface area contributed by atoms with Crippen LogP contribution in [0.25, 0.3) is 11.5 Å². The van der Waals surface area contributed by atoms with Crippen LogP contribution in [-0.4, -0.2) is 9.97 Å². The van der Waals surface area contributed by atoms with Crippen LogP contribution in [0.4, 0.5) is 4.39 Å². The lowest BCUT2D eigenvalue weighted by atomic mass is 10.2. The molecule has 0 unspecified atom stereocenters. The van der Waals surface area contributed by atoms with Crippen LogP contribution in [0, 0.1) is 17.1 Å². The lowest BCUT2D eigenvalue weighted by Crippen LogP contribution is -1.97. The Morgan fingerprint density at radius 1 is 1.07 bits per heavy atom. The number of ether oxygens (including phenoxy) is 1. The van der Waals surface area contributed by atoms with Crippen LogP contribution < -0.4 is 4.74 Å². The Hall–Kier alpha value is -3.34. The van der Waals surface area contributed by atoms with Crippen molar-refractivity contribution >= 4 is 23.4 Å². The maximum absolute atomic E-state index is 13.3. The Labute approximate surface area is 181 Å². The van der Waals surface area contributed by atoms with Gasteiger partial charge in [0.15, 0.2) is 5.09 Å². The molecule has 0 amide bonds. The van der Waals surface area contributed by atoms with Crippen molar-refractivity contribution in [2.45, 2.75) is 16.7 Å². The normalized spacial score (nSPS) is 10.6. The monoisotopic (exact) mass is 437 g/mol. The summed E-state index contributed by atoms with van der Waals surface area (Å²) in [6, 6.07) is 18.3. The number of halogens is 2. The van der Waals surface area contributed by atoms with E-state index < -0.39 is 0 Å². The summed E-state index contributed by atoms with van der Waals surface area (Å²) >= 11 is 7.19. The first-order valence-electron chi connectivity index (χ1n) is 8.79. The van der Waals surface area contributed by atoms with Gasteiger partial charge in [0.1, 0.15) is 28.9 Å². The highest BCUT2D eigenvalue weighted by molar-refractivity contribution is 7.99. The van der Waals surface area contributed by atoms with Crippen LogP contribution >= 0.6 is 23.4 Å². The van der Waals surface area contributed by atoms with E-state index in [9.17, 15) is 4.39 Å². The second-order valence-electron chi connectivity index (χ2n) is 6.10. The summed E-state index contributed by atoms with van der Waals surface area (Å²) in [5.74, 6) is 0.612. The number of pyridine rings is 1. The van der Waals surface area contributed by atoms with Crippen molar-refractivity contribution < 1.29 is 13.5 Å². The molecule has 2 heterocycles. The fraction of sp³-hybridized carbons (Fsp3) is 0.0455. The fourth-order valence-electron chi connectivity index (χ4n) is 2.52. The fourth-order valence-corrected chi connectivity index (χ4v) is 3.41. The minimum absolute atomic E-state index is 0.145. The standard InChI is InChI=1S/C22H13ClFN3O2S/c23-16-5-10-20(26-12-16)30-22-19(13-28-18-8-1-14(11-25)2-9-18)27-21(29-22)15-3-6-17(24)7-4-15/h1-10,12H,13H2. The second kappa shape index (κ2) is 8.99. The number of hydrogen-bond donors (Lipinski definition) is 0. The van der Waals surface area contributed by atoms with Gasteiger partial charge < -0.3 is 9.15 Å². The lowest BCUT2D eigenvalue weighted by molar-refractivity contribution is 0.294. The number of nitriles is 1.